The summed E-state index contributed by atoms with van der Waals surface area (Å²) in [5, 5.41) is 0. The molecule has 0 aromatic carbocycles. The number of rotatable bonds is 6. The van der Waals surface area contributed by atoms with E-state index < -0.39 is 0 Å². The zero-order valence-corrected chi connectivity index (χ0v) is 10.4. The van der Waals surface area contributed by atoms with Gasteiger partial charge in [0.1, 0.15) is 0 Å². The SMILES string of the molecule is C=CC(CC)C(OCC)C1CCCCC1. The van der Waals surface area contributed by atoms with Crippen molar-refractivity contribution >= 4 is 0 Å². The smallest absolute Gasteiger partial charge is 0.0665 e. The van der Waals surface area contributed by atoms with Gasteiger partial charge in [0.05, 0.1) is 6.10 Å². The second kappa shape index (κ2) is 7.05. The Balaban J connectivity index is 2.57. The molecule has 0 saturated heterocycles. The molecule has 0 spiro atoms. The zero-order valence-electron chi connectivity index (χ0n) is 10.4. The minimum atomic E-state index is 0.429. The van der Waals surface area contributed by atoms with Crippen molar-refractivity contribution in [3.63, 3.8) is 0 Å². The molecule has 0 amide bonds. The van der Waals surface area contributed by atoms with Crippen molar-refractivity contribution in [3.05, 3.63) is 12.7 Å². The summed E-state index contributed by atoms with van der Waals surface area (Å²) in [6, 6.07) is 0. The van der Waals surface area contributed by atoms with E-state index in [0.717, 1.165) is 18.9 Å². The van der Waals surface area contributed by atoms with Gasteiger partial charge in [0.2, 0.25) is 0 Å². The van der Waals surface area contributed by atoms with Crippen LogP contribution in [0.1, 0.15) is 52.4 Å². The van der Waals surface area contributed by atoms with Gasteiger partial charge in [-0.15, -0.1) is 6.58 Å². The molecule has 1 aliphatic rings. The molecule has 0 heterocycles. The lowest BCUT2D eigenvalue weighted by Gasteiger charge is -2.34. The second-order valence-electron chi connectivity index (χ2n) is 4.63. The maximum absolute atomic E-state index is 5.95. The van der Waals surface area contributed by atoms with Crippen LogP contribution in [0, 0.1) is 11.8 Å². The van der Waals surface area contributed by atoms with Gasteiger partial charge in [-0.25, -0.2) is 0 Å². The van der Waals surface area contributed by atoms with Gasteiger partial charge < -0.3 is 4.74 Å². The molecule has 1 nitrogen and oxygen atoms in total. The van der Waals surface area contributed by atoms with Crippen molar-refractivity contribution in [2.24, 2.45) is 11.8 Å². The van der Waals surface area contributed by atoms with E-state index in [1.807, 2.05) is 0 Å². The summed E-state index contributed by atoms with van der Waals surface area (Å²) in [7, 11) is 0. The van der Waals surface area contributed by atoms with Crippen LogP contribution < -0.4 is 0 Å². The first-order valence-corrected chi connectivity index (χ1v) is 6.57. The van der Waals surface area contributed by atoms with E-state index in [2.05, 4.69) is 26.5 Å². The van der Waals surface area contributed by atoms with Gasteiger partial charge in [-0.3, -0.25) is 0 Å². The Bertz CT molecular complexity index is 170. The van der Waals surface area contributed by atoms with Crippen LogP contribution in [-0.2, 0) is 4.74 Å². The highest BCUT2D eigenvalue weighted by Crippen LogP contribution is 2.32. The summed E-state index contributed by atoms with van der Waals surface area (Å²) < 4.78 is 5.95. The molecule has 1 rings (SSSR count). The minimum absolute atomic E-state index is 0.429. The third-order valence-corrected chi connectivity index (χ3v) is 3.67. The summed E-state index contributed by atoms with van der Waals surface area (Å²) in [6.45, 7) is 9.13. The number of hydrogen-bond acceptors (Lipinski definition) is 1. The average molecular weight is 210 g/mol. The third-order valence-electron chi connectivity index (χ3n) is 3.67. The quantitative estimate of drug-likeness (QED) is 0.597. The Labute approximate surface area is 94.9 Å². The molecule has 2 unspecified atom stereocenters. The summed E-state index contributed by atoms with van der Waals surface area (Å²) >= 11 is 0. The lowest BCUT2D eigenvalue weighted by molar-refractivity contribution is -0.0199. The van der Waals surface area contributed by atoms with E-state index in [1.54, 1.807) is 0 Å². The normalized spacial score (nSPS) is 22.3. The fourth-order valence-electron chi connectivity index (χ4n) is 2.80. The molecule has 1 saturated carbocycles. The molecule has 0 N–H and O–H groups in total. The maximum atomic E-state index is 5.95. The average Bonchev–Trinajstić information content (AvgIpc) is 2.30. The van der Waals surface area contributed by atoms with Crippen molar-refractivity contribution in [3.8, 4) is 0 Å². The first-order valence-electron chi connectivity index (χ1n) is 6.57. The lowest BCUT2D eigenvalue weighted by Crippen LogP contribution is -2.32. The molecule has 1 fully saturated rings. The van der Waals surface area contributed by atoms with Crippen molar-refractivity contribution in [1.82, 2.24) is 0 Å². The highest BCUT2D eigenvalue weighted by Gasteiger charge is 2.28. The van der Waals surface area contributed by atoms with E-state index >= 15 is 0 Å². The second-order valence-corrected chi connectivity index (χ2v) is 4.63. The summed E-state index contributed by atoms with van der Waals surface area (Å²) in [4.78, 5) is 0. The Kier molecular flexibility index (Phi) is 6.00. The highest BCUT2D eigenvalue weighted by molar-refractivity contribution is 4.89. The van der Waals surface area contributed by atoms with Gasteiger partial charge in [0, 0.05) is 12.5 Å². The van der Waals surface area contributed by atoms with Crippen LogP contribution in [0.5, 0.6) is 0 Å². The molecule has 1 heteroatoms. The summed E-state index contributed by atoms with van der Waals surface area (Å²) in [6.07, 6.45) is 10.6. The number of ether oxygens (including phenoxy) is 1. The Morgan fingerprint density at radius 1 is 1.27 bits per heavy atom. The third kappa shape index (κ3) is 3.64. The molecular weight excluding hydrogens is 184 g/mol. The fraction of sp³-hybridized carbons (Fsp3) is 0.857. The van der Waals surface area contributed by atoms with Gasteiger partial charge in [-0.1, -0.05) is 32.3 Å². The van der Waals surface area contributed by atoms with Crippen molar-refractivity contribution < 1.29 is 4.74 Å². The molecule has 0 bridgehead atoms. The van der Waals surface area contributed by atoms with Crippen molar-refractivity contribution in [2.75, 3.05) is 6.61 Å². The highest BCUT2D eigenvalue weighted by atomic mass is 16.5. The first kappa shape index (κ1) is 12.8. The van der Waals surface area contributed by atoms with Gasteiger partial charge in [0.15, 0.2) is 0 Å². The van der Waals surface area contributed by atoms with Crippen LogP contribution in [0.3, 0.4) is 0 Å². The van der Waals surface area contributed by atoms with Crippen LogP contribution in [0.2, 0.25) is 0 Å². The van der Waals surface area contributed by atoms with Gasteiger partial charge in [-0.2, -0.15) is 0 Å². The van der Waals surface area contributed by atoms with Crippen LogP contribution in [0.25, 0.3) is 0 Å². The lowest BCUT2D eigenvalue weighted by atomic mass is 9.79. The largest absolute Gasteiger partial charge is 0.378 e. The maximum Gasteiger partial charge on any atom is 0.0665 e. The Hall–Kier alpha value is -0.300. The summed E-state index contributed by atoms with van der Waals surface area (Å²) in [5.41, 5.74) is 0. The van der Waals surface area contributed by atoms with E-state index in [1.165, 1.54) is 32.1 Å². The molecule has 0 aromatic rings. The van der Waals surface area contributed by atoms with Crippen LogP contribution in [0.4, 0.5) is 0 Å². The predicted molar refractivity (Wildman–Crippen MR) is 66.0 cm³/mol. The molecule has 15 heavy (non-hydrogen) atoms. The van der Waals surface area contributed by atoms with Gasteiger partial charge in [-0.05, 0) is 32.1 Å². The minimum Gasteiger partial charge on any atom is -0.378 e. The van der Waals surface area contributed by atoms with E-state index in [9.17, 15) is 0 Å². The van der Waals surface area contributed by atoms with E-state index in [4.69, 9.17) is 4.74 Å². The zero-order chi connectivity index (χ0) is 11.1. The van der Waals surface area contributed by atoms with Gasteiger partial charge >= 0.3 is 0 Å². The van der Waals surface area contributed by atoms with Crippen molar-refractivity contribution in [1.29, 1.82) is 0 Å². The fourth-order valence-corrected chi connectivity index (χ4v) is 2.80. The van der Waals surface area contributed by atoms with E-state index in [-0.39, 0.29) is 0 Å². The molecule has 2 atom stereocenters. The Morgan fingerprint density at radius 3 is 2.40 bits per heavy atom. The molecule has 0 radical (unpaired) electrons. The topological polar surface area (TPSA) is 9.23 Å². The van der Waals surface area contributed by atoms with E-state index in [0.29, 0.717) is 12.0 Å². The predicted octanol–water partition coefficient (Wildman–Crippen LogP) is 4.18. The standard InChI is InChI=1S/C14H26O/c1-4-12(5-2)14(15-6-3)13-10-8-7-9-11-13/h4,12-14H,1,5-11H2,2-3H3. The molecular formula is C14H26O. The first-order chi connectivity index (χ1) is 7.33. The van der Waals surface area contributed by atoms with Gasteiger partial charge in [0.25, 0.3) is 0 Å². The summed E-state index contributed by atoms with van der Waals surface area (Å²) in [5.74, 6) is 1.33. The molecule has 0 aliphatic heterocycles. The van der Waals surface area contributed by atoms with Crippen molar-refractivity contribution in [2.45, 2.75) is 58.5 Å². The van der Waals surface area contributed by atoms with Crippen LogP contribution in [0.15, 0.2) is 12.7 Å². The molecule has 88 valence electrons. The number of hydrogen-bond donors (Lipinski definition) is 0. The van der Waals surface area contributed by atoms with Crippen LogP contribution >= 0.6 is 0 Å². The monoisotopic (exact) mass is 210 g/mol. The molecule has 0 aromatic heterocycles. The Morgan fingerprint density at radius 2 is 1.93 bits per heavy atom. The van der Waals surface area contributed by atoms with Crippen LogP contribution in [-0.4, -0.2) is 12.7 Å². The molecule has 1 aliphatic carbocycles.